The number of hydrogen-bond acceptors (Lipinski definition) is 5. The second-order valence-electron chi connectivity index (χ2n) is 4.45. The second kappa shape index (κ2) is 5.84. The molecule has 0 aliphatic carbocycles. The zero-order valence-corrected chi connectivity index (χ0v) is 12.5. The minimum Gasteiger partial charge on any atom is -0.475 e. The van der Waals surface area contributed by atoms with Gasteiger partial charge in [0.15, 0.2) is 0 Å². The van der Waals surface area contributed by atoms with E-state index in [-0.39, 0.29) is 19.4 Å². The van der Waals surface area contributed by atoms with E-state index in [1.807, 2.05) is 5.48 Å². The van der Waals surface area contributed by atoms with E-state index < -0.39 is 36.1 Å². The maximum absolute atomic E-state index is 13.1. The van der Waals surface area contributed by atoms with Crippen LogP contribution in [-0.4, -0.2) is 57.7 Å². The summed E-state index contributed by atoms with van der Waals surface area (Å²) in [6, 6.07) is -2.37. The monoisotopic (exact) mass is 421 g/mol. The fourth-order valence-corrected chi connectivity index (χ4v) is 2.53. The molecule has 2 atom stereocenters. The second-order valence-corrected chi connectivity index (χ2v) is 4.89. The molecule has 0 aromatic heterocycles. The largest absolute Gasteiger partial charge is 0.476 e. The summed E-state index contributed by atoms with van der Waals surface area (Å²) < 4.78 is 30.6. The molecule has 0 spiro atoms. The van der Waals surface area contributed by atoms with Crippen LogP contribution in [0.5, 0.6) is 0 Å². The number of aliphatic carboxylic acids is 1. The van der Waals surface area contributed by atoms with Crippen LogP contribution in [-0.2, 0) is 17.6 Å². The van der Waals surface area contributed by atoms with Crippen molar-refractivity contribution in [1.29, 1.82) is 0 Å². The molecule has 2 aliphatic heterocycles. The predicted molar refractivity (Wildman–Crippen MR) is 67.7 cm³/mol. The van der Waals surface area contributed by atoms with E-state index in [2.05, 4.69) is 8.00 Å². The number of likely N-dealkylation sites (tertiary alicyclic amines) is 1. The fraction of sp³-hybridized carbons (Fsp3) is 0.667. The van der Waals surface area contributed by atoms with E-state index in [0.717, 1.165) is 4.90 Å². The van der Waals surface area contributed by atoms with Gasteiger partial charge >= 0.3 is 18.1 Å². The number of nitrogens with zero attached hydrogens (tertiary/aromatic N) is 2. The Morgan fingerprint density at radius 1 is 1.48 bits per heavy atom. The van der Waals surface area contributed by atoms with Crippen molar-refractivity contribution in [3.05, 3.63) is 0 Å². The predicted octanol–water partition coefficient (Wildman–Crippen LogP) is 0.262. The Morgan fingerprint density at radius 2 is 2.14 bits per heavy atom. The van der Waals surface area contributed by atoms with E-state index in [4.69, 9.17) is 5.11 Å². The van der Waals surface area contributed by atoms with Crippen molar-refractivity contribution in [2.24, 2.45) is 0 Å². The quantitative estimate of drug-likeness (QED) is 0.498. The minimum atomic E-state index is -4.51. The molecule has 9 nitrogen and oxygen atoms in total. The van der Waals surface area contributed by atoms with E-state index in [1.165, 1.54) is 23.0 Å². The lowest BCUT2D eigenvalue weighted by Gasteiger charge is -2.30. The van der Waals surface area contributed by atoms with Crippen LogP contribution in [0, 0.1) is 0 Å². The van der Waals surface area contributed by atoms with Crippen molar-refractivity contribution in [2.75, 3.05) is 6.54 Å². The Labute approximate surface area is 130 Å². The molecule has 3 amide bonds. The van der Waals surface area contributed by atoms with Crippen LogP contribution in [0.4, 0.5) is 13.6 Å². The smallest absolute Gasteiger partial charge is 0.475 e. The summed E-state index contributed by atoms with van der Waals surface area (Å²) in [7, 11) is 0. The number of rotatable bonds is 4. The molecule has 0 aromatic carbocycles. The first-order valence-electron chi connectivity index (χ1n) is 5.75. The number of nitrogens with one attached hydrogen (secondary N) is 1. The standard InChI is InChI=1S/C9H10F2IN3O6/c10-9(11,7(17)18)20-15-4-1-2-14(8(19)13-21-12)5(3-4)6(15)16/h4-5H,1-3H2,(H,13,19)(H,17,18)/t4-,5?/m1/s1. The Hall–Kier alpha value is -1.28. The fourth-order valence-electron chi connectivity index (χ4n) is 2.34. The number of urea groups is 1. The summed E-state index contributed by atoms with van der Waals surface area (Å²) in [4.78, 5) is 39.2. The van der Waals surface area contributed by atoms with Crippen LogP contribution in [0.3, 0.4) is 0 Å². The van der Waals surface area contributed by atoms with Crippen molar-refractivity contribution in [2.45, 2.75) is 31.0 Å². The average Bonchev–Trinajstić information content (AvgIpc) is 2.64. The number of halogens is 3. The van der Waals surface area contributed by atoms with Crippen LogP contribution in [0.25, 0.3) is 0 Å². The molecule has 2 heterocycles. The summed E-state index contributed by atoms with van der Waals surface area (Å²) in [6.07, 6.45) is -4.23. The van der Waals surface area contributed by atoms with E-state index >= 15 is 0 Å². The van der Waals surface area contributed by atoms with E-state index in [0.29, 0.717) is 5.06 Å². The SMILES string of the molecule is O=C(NOI)N1CC[C@@H]2CC1C(=O)N2OC(F)(F)C(=O)O. The normalized spacial score (nSPS) is 25.2. The van der Waals surface area contributed by atoms with Crippen LogP contribution in [0.15, 0.2) is 0 Å². The third-order valence-electron chi connectivity index (χ3n) is 3.26. The third kappa shape index (κ3) is 3.01. The van der Waals surface area contributed by atoms with Gasteiger partial charge in [-0.15, -0.1) is 0 Å². The first-order chi connectivity index (χ1) is 9.77. The van der Waals surface area contributed by atoms with Crippen LogP contribution >= 0.6 is 23.0 Å². The van der Waals surface area contributed by atoms with Crippen LogP contribution in [0.1, 0.15) is 12.8 Å². The lowest BCUT2D eigenvalue weighted by molar-refractivity contribution is -0.334. The maximum Gasteiger partial charge on any atom is 0.476 e. The van der Waals surface area contributed by atoms with Gasteiger partial charge in [0.05, 0.1) is 6.04 Å². The lowest BCUT2D eigenvalue weighted by Crippen LogP contribution is -2.50. The number of piperidine rings is 1. The molecule has 0 aromatic rings. The Balaban J connectivity index is 2.11. The highest BCUT2D eigenvalue weighted by Crippen LogP contribution is 2.34. The number of amides is 3. The Kier molecular flexibility index (Phi) is 4.48. The third-order valence-corrected chi connectivity index (χ3v) is 3.48. The lowest BCUT2D eigenvalue weighted by atomic mass is 10.0. The highest BCUT2D eigenvalue weighted by atomic mass is 127. The zero-order chi connectivity index (χ0) is 15.8. The summed E-state index contributed by atoms with van der Waals surface area (Å²) >= 11 is 1.42. The van der Waals surface area contributed by atoms with Gasteiger partial charge in [0.2, 0.25) is 0 Å². The number of hydroxylamine groups is 3. The van der Waals surface area contributed by atoms with Gasteiger partial charge in [0.1, 0.15) is 29.0 Å². The summed E-state index contributed by atoms with van der Waals surface area (Å²) in [5.74, 6) is -3.38. The zero-order valence-electron chi connectivity index (χ0n) is 10.3. The molecule has 2 fully saturated rings. The highest BCUT2D eigenvalue weighted by Gasteiger charge is 2.54. The molecule has 2 rings (SSSR count). The molecular weight excluding hydrogens is 411 g/mol. The Bertz CT molecular complexity index is 478. The molecule has 118 valence electrons. The van der Waals surface area contributed by atoms with E-state index in [1.54, 1.807) is 0 Å². The first kappa shape index (κ1) is 16.1. The summed E-state index contributed by atoms with van der Waals surface area (Å²) in [5, 5.41) is 8.69. The number of fused-ring (bicyclic) bond motifs is 2. The van der Waals surface area contributed by atoms with Gasteiger partial charge in [-0.05, 0) is 6.42 Å². The number of carbonyl (C=O) groups is 3. The summed E-state index contributed by atoms with van der Waals surface area (Å²) in [6.45, 7) is 0.130. The maximum atomic E-state index is 13.1. The van der Waals surface area contributed by atoms with Crippen LogP contribution < -0.4 is 5.48 Å². The van der Waals surface area contributed by atoms with Gasteiger partial charge in [-0.3, -0.25) is 4.79 Å². The topological polar surface area (TPSA) is 108 Å². The molecule has 1 unspecified atom stereocenters. The number of carboxylic acid groups (broad SMARTS) is 1. The molecule has 2 aliphatic rings. The molecular formula is C9H10F2IN3O6. The molecule has 12 heteroatoms. The average molecular weight is 421 g/mol. The van der Waals surface area contributed by atoms with E-state index in [9.17, 15) is 23.2 Å². The minimum absolute atomic E-state index is 0.0865. The van der Waals surface area contributed by atoms with Gasteiger partial charge in [-0.1, -0.05) is 0 Å². The van der Waals surface area contributed by atoms with Crippen LogP contribution in [0.2, 0.25) is 0 Å². The van der Waals surface area contributed by atoms with Gasteiger partial charge in [0, 0.05) is 13.0 Å². The van der Waals surface area contributed by atoms with Crippen molar-refractivity contribution in [1.82, 2.24) is 15.4 Å². The van der Waals surface area contributed by atoms with Gasteiger partial charge in [-0.25, -0.2) is 23.3 Å². The van der Waals surface area contributed by atoms with Crippen molar-refractivity contribution in [3.63, 3.8) is 0 Å². The molecule has 0 radical (unpaired) electrons. The molecule has 2 bridgehead atoms. The molecule has 2 saturated heterocycles. The molecule has 21 heavy (non-hydrogen) atoms. The van der Waals surface area contributed by atoms with Gasteiger partial charge in [-0.2, -0.15) is 13.6 Å². The van der Waals surface area contributed by atoms with Gasteiger partial charge in [0.25, 0.3) is 5.91 Å². The highest BCUT2D eigenvalue weighted by molar-refractivity contribution is 14.1. The molecule has 0 saturated carbocycles. The van der Waals surface area contributed by atoms with Crippen molar-refractivity contribution < 1.29 is 36.3 Å². The van der Waals surface area contributed by atoms with Gasteiger partial charge < -0.3 is 10.0 Å². The number of alkyl halides is 2. The Morgan fingerprint density at radius 3 is 2.71 bits per heavy atom. The van der Waals surface area contributed by atoms with Crippen molar-refractivity contribution >= 4 is 40.9 Å². The number of carbonyl (C=O) groups excluding carboxylic acids is 2. The molecule has 2 N–H and O–H groups in total. The van der Waals surface area contributed by atoms with Crippen molar-refractivity contribution in [3.8, 4) is 0 Å². The first-order valence-corrected chi connectivity index (χ1v) is 6.63. The summed E-state index contributed by atoms with van der Waals surface area (Å²) in [5.41, 5.74) is 2.02. The number of carboxylic acids is 1. The number of hydrogen-bond donors (Lipinski definition) is 2.